The van der Waals surface area contributed by atoms with Gasteiger partial charge in [-0.3, -0.25) is 4.98 Å². The fourth-order valence-electron chi connectivity index (χ4n) is 1.60. The molecule has 0 aliphatic heterocycles. The lowest BCUT2D eigenvalue weighted by atomic mass is 10.2. The van der Waals surface area contributed by atoms with Crippen LogP contribution in [0.4, 0.5) is 5.69 Å². The lowest BCUT2D eigenvalue weighted by Gasteiger charge is -2.07. The van der Waals surface area contributed by atoms with Gasteiger partial charge in [0.25, 0.3) is 0 Å². The van der Waals surface area contributed by atoms with E-state index in [4.69, 9.17) is 0 Å². The number of anilines is 1. The summed E-state index contributed by atoms with van der Waals surface area (Å²) >= 11 is 0. The van der Waals surface area contributed by atoms with E-state index >= 15 is 0 Å². The van der Waals surface area contributed by atoms with E-state index in [2.05, 4.69) is 24.1 Å². The highest BCUT2D eigenvalue weighted by Crippen LogP contribution is 2.37. The Hall–Kier alpha value is -1.05. The van der Waals surface area contributed by atoms with Gasteiger partial charge in [-0.2, -0.15) is 0 Å². The van der Waals surface area contributed by atoms with Gasteiger partial charge >= 0.3 is 0 Å². The van der Waals surface area contributed by atoms with Crippen LogP contribution in [-0.2, 0) is 0 Å². The fourth-order valence-corrected chi connectivity index (χ4v) is 1.60. The van der Waals surface area contributed by atoms with Crippen molar-refractivity contribution in [2.45, 2.75) is 20.3 Å². The number of hydrogen-bond acceptors (Lipinski definition) is 2. The van der Waals surface area contributed by atoms with E-state index in [1.807, 2.05) is 18.5 Å². The normalized spacial score (nSPS) is 25.7. The van der Waals surface area contributed by atoms with Gasteiger partial charge in [-0.25, -0.2) is 0 Å². The van der Waals surface area contributed by atoms with Gasteiger partial charge in [-0.15, -0.1) is 0 Å². The van der Waals surface area contributed by atoms with E-state index in [1.54, 1.807) is 0 Å². The molecule has 1 saturated carbocycles. The Morgan fingerprint density at radius 3 is 3.00 bits per heavy atom. The summed E-state index contributed by atoms with van der Waals surface area (Å²) in [6, 6.07) is 2.04. The van der Waals surface area contributed by atoms with E-state index in [9.17, 15) is 0 Å². The SMILES string of the molecule is Cc1cnccc1NCC1CC1C. The van der Waals surface area contributed by atoms with Crippen LogP contribution in [0.5, 0.6) is 0 Å². The van der Waals surface area contributed by atoms with Crippen molar-refractivity contribution < 1.29 is 0 Å². The van der Waals surface area contributed by atoms with Crippen molar-refractivity contribution in [2.24, 2.45) is 11.8 Å². The first-order valence-electron chi connectivity index (χ1n) is 4.92. The van der Waals surface area contributed by atoms with Gasteiger partial charge in [0, 0.05) is 24.6 Å². The summed E-state index contributed by atoms with van der Waals surface area (Å²) in [5, 5.41) is 3.47. The van der Waals surface area contributed by atoms with Crippen molar-refractivity contribution in [3.8, 4) is 0 Å². The number of hydrogen-bond donors (Lipinski definition) is 1. The number of aryl methyl sites for hydroxylation is 1. The highest BCUT2D eigenvalue weighted by molar-refractivity contribution is 5.48. The van der Waals surface area contributed by atoms with Gasteiger partial charge in [0.15, 0.2) is 0 Å². The number of aromatic nitrogens is 1. The molecule has 2 nitrogen and oxygen atoms in total. The molecule has 1 fully saturated rings. The Labute approximate surface area is 79.4 Å². The van der Waals surface area contributed by atoms with Gasteiger partial charge in [-0.05, 0) is 36.8 Å². The minimum Gasteiger partial charge on any atom is -0.384 e. The third kappa shape index (κ3) is 2.00. The van der Waals surface area contributed by atoms with E-state index in [0.29, 0.717) is 0 Å². The fraction of sp³-hybridized carbons (Fsp3) is 0.545. The first kappa shape index (κ1) is 8.54. The molecule has 1 aromatic heterocycles. The number of nitrogens with zero attached hydrogens (tertiary/aromatic N) is 1. The summed E-state index contributed by atoms with van der Waals surface area (Å²) in [6.07, 6.45) is 5.13. The number of rotatable bonds is 3. The third-order valence-electron chi connectivity index (χ3n) is 2.85. The molecule has 2 atom stereocenters. The summed E-state index contributed by atoms with van der Waals surface area (Å²) in [7, 11) is 0. The van der Waals surface area contributed by atoms with Gasteiger partial charge < -0.3 is 5.32 Å². The van der Waals surface area contributed by atoms with Gasteiger partial charge in [0.05, 0.1) is 0 Å². The molecule has 2 heteroatoms. The van der Waals surface area contributed by atoms with Gasteiger partial charge in [-0.1, -0.05) is 6.92 Å². The van der Waals surface area contributed by atoms with Crippen LogP contribution in [0.2, 0.25) is 0 Å². The Bertz CT molecular complexity index is 296. The smallest absolute Gasteiger partial charge is 0.0400 e. The summed E-state index contributed by atoms with van der Waals surface area (Å²) in [4.78, 5) is 4.06. The monoisotopic (exact) mass is 176 g/mol. The molecule has 0 amide bonds. The third-order valence-corrected chi connectivity index (χ3v) is 2.85. The highest BCUT2D eigenvalue weighted by Gasteiger charge is 2.31. The minimum atomic E-state index is 0.896. The highest BCUT2D eigenvalue weighted by atomic mass is 14.9. The van der Waals surface area contributed by atoms with Crippen molar-refractivity contribution in [3.05, 3.63) is 24.0 Å². The largest absolute Gasteiger partial charge is 0.384 e. The summed E-state index contributed by atoms with van der Waals surface area (Å²) in [5.41, 5.74) is 2.46. The molecule has 1 aliphatic rings. The van der Waals surface area contributed by atoms with Crippen LogP contribution in [0.25, 0.3) is 0 Å². The second kappa shape index (κ2) is 3.36. The van der Waals surface area contributed by atoms with Crippen molar-refractivity contribution in [2.75, 3.05) is 11.9 Å². The molecular weight excluding hydrogens is 160 g/mol. The van der Waals surface area contributed by atoms with Crippen LogP contribution < -0.4 is 5.32 Å². The second-order valence-corrected chi connectivity index (χ2v) is 4.04. The van der Waals surface area contributed by atoms with Crippen molar-refractivity contribution in [1.82, 2.24) is 4.98 Å². The van der Waals surface area contributed by atoms with Crippen LogP contribution >= 0.6 is 0 Å². The average Bonchev–Trinajstić information content (AvgIpc) is 2.81. The molecule has 0 aromatic carbocycles. The van der Waals surface area contributed by atoms with Crippen LogP contribution in [0.3, 0.4) is 0 Å². The number of nitrogens with one attached hydrogen (secondary N) is 1. The van der Waals surface area contributed by atoms with Crippen LogP contribution in [-0.4, -0.2) is 11.5 Å². The predicted molar refractivity (Wildman–Crippen MR) is 54.7 cm³/mol. The lowest BCUT2D eigenvalue weighted by molar-refractivity contribution is 0.786. The maximum absolute atomic E-state index is 4.06. The van der Waals surface area contributed by atoms with Crippen LogP contribution in [0.15, 0.2) is 18.5 Å². The molecule has 0 radical (unpaired) electrons. The van der Waals surface area contributed by atoms with Crippen molar-refractivity contribution in [1.29, 1.82) is 0 Å². The predicted octanol–water partition coefficient (Wildman–Crippen LogP) is 2.46. The maximum atomic E-state index is 4.06. The zero-order chi connectivity index (χ0) is 9.26. The van der Waals surface area contributed by atoms with E-state index in [-0.39, 0.29) is 0 Å². The molecule has 0 spiro atoms. The van der Waals surface area contributed by atoms with Crippen LogP contribution in [0.1, 0.15) is 18.9 Å². The first-order chi connectivity index (χ1) is 6.27. The number of pyridine rings is 1. The molecule has 2 unspecified atom stereocenters. The topological polar surface area (TPSA) is 24.9 Å². The zero-order valence-electron chi connectivity index (χ0n) is 8.25. The molecule has 1 aliphatic carbocycles. The van der Waals surface area contributed by atoms with Gasteiger partial charge in [0.2, 0.25) is 0 Å². The van der Waals surface area contributed by atoms with E-state index < -0.39 is 0 Å². The summed E-state index contributed by atoms with van der Waals surface area (Å²) in [5.74, 6) is 1.82. The molecule has 1 heterocycles. The molecular formula is C11H16N2. The zero-order valence-corrected chi connectivity index (χ0v) is 8.25. The first-order valence-corrected chi connectivity index (χ1v) is 4.92. The van der Waals surface area contributed by atoms with Crippen molar-refractivity contribution in [3.63, 3.8) is 0 Å². The van der Waals surface area contributed by atoms with E-state index in [0.717, 1.165) is 18.4 Å². The standard InChI is InChI=1S/C11H16N2/c1-8-5-10(8)7-13-11-3-4-12-6-9(11)2/h3-4,6,8,10H,5,7H2,1-2H3,(H,12,13). The Balaban J connectivity index is 1.90. The maximum Gasteiger partial charge on any atom is 0.0400 e. The molecule has 1 aromatic rings. The van der Waals surface area contributed by atoms with Gasteiger partial charge in [0.1, 0.15) is 0 Å². The minimum absolute atomic E-state index is 0.896. The molecule has 0 bridgehead atoms. The quantitative estimate of drug-likeness (QED) is 0.765. The lowest BCUT2D eigenvalue weighted by Crippen LogP contribution is -2.05. The molecule has 0 saturated heterocycles. The second-order valence-electron chi connectivity index (χ2n) is 4.04. The van der Waals surface area contributed by atoms with Crippen molar-refractivity contribution >= 4 is 5.69 Å². The van der Waals surface area contributed by atoms with E-state index in [1.165, 1.54) is 17.7 Å². The Kier molecular flexibility index (Phi) is 2.21. The Morgan fingerprint density at radius 2 is 2.38 bits per heavy atom. The molecule has 13 heavy (non-hydrogen) atoms. The average molecular weight is 176 g/mol. The van der Waals surface area contributed by atoms with Crippen LogP contribution in [0, 0.1) is 18.8 Å². The summed E-state index contributed by atoms with van der Waals surface area (Å²) < 4.78 is 0. The molecule has 70 valence electrons. The Morgan fingerprint density at radius 1 is 1.62 bits per heavy atom. The molecule has 2 rings (SSSR count). The summed E-state index contributed by atoms with van der Waals surface area (Å²) in [6.45, 7) is 5.52. The molecule has 1 N–H and O–H groups in total.